The fourth-order valence-electron chi connectivity index (χ4n) is 2.21. The van der Waals surface area contributed by atoms with Crippen molar-refractivity contribution in [2.75, 3.05) is 19.3 Å². The highest BCUT2D eigenvalue weighted by Gasteiger charge is 2.12. The quantitative estimate of drug-likeness (QED) is 0.580. The number of thiocarbonyl (C=S) groups is 1. The Hall–Kier alpha value is -0.510. The summed E-state index contributed by atoms with van der Waals surface area (Å²) in [6.45, 7) is 2.27. The Morgan fingerprint density at radius 1 is 1.21 bits per heavy atom. The second kappa shape index (κ2) is 7.32. The molecule has 4 heteroatoms. The molecule has 0 bridgehead atoms. The van der Waals surface area contributed by atoms with E-state index in [1.165, 1.54) is 19.3 Å². The highest BCUT2D eigenvalue weighted by Crippen LogP contribution is 2.25. The van der Waals surface area contributed by atoms with E-state index in [0.29, 0.717) is 0 Å². The van der Waals surface area contributed by atoms with Crippen molar-refractivity contribution in [2.24, 2.45) is 0 Å². The van der Waals surface area contributed by atoms with Gasteiger partial charge < -0.3 is 4.90 Å². The van der Waals surface area contributed by atoms with Crippen LogP contribution in [0.2, 0.25) is 5.02 Å². The first-order chi connectivity index (χ1) is 9.20. The van der Waals surface area contributed by atoms with E-state index in [2.05, 4.69) is 11.1 Å². The third-order valence-corrected chi connectivity index (χ3v) is 4.83. The van der Waals surface area contributed by atoms with E-state index in [1.807, 2.05) is 30.5 Å². The molecule has 0 spiro atoms. The van der Waals surface area contributed by atoms with E-state index < -0.39 is 0 Å². The van der Waals surface area contributed by atoms with Crippen LogP contribution in [0, 0.1) is 0 Å². The standard InChI is InChI=1S/C15H18ClNS2/c1-19-15(18)14(11-17-9-3-2-4-10-17)12-5-7-13(16)8-6-12/h5-8,11H,2-4,9-10H2,1H3/b14-11+. The van der Waals surface area contributed by atoms with Crippen LogP contribution in [0.25, 0.3) is 5.57 Å². The van der Waals surface area contributed by atoms with Gasteiger partial charge in [0.15, 0.2) is 0 Å². The lowest BCUT2D eigenvalue weighted by Crippen LogP contribution is -2.25. The molecule has 1 heterocycles. The van der Waals surface area contributed by atoms with Gasteiger partial charge in [-0.15, -0.1) is 11.8 Å². The lowest BCUT2D eigenvalue weighted by Gasteiger charge is -2.26. The lowest BCUT2D eigenvalue weighted by atomic mass is 10.1. The van der Waals surface area contributed by atoms with Gasteiger partial charge in [-0.1, -0.05) is 36.0 Å². The van der Waals surface area contributed by atoms with E-state index in [0.717, 1.165) is 33.4 Å². The van der Waals surface area contributed by atoms with Crippen LogP contribution in [-0.2, 0) is 0 Å². The van der Waals surface area contributed by atoms with E-state index in [-0.39, 0.29) is 0 Å². The molecule has 0 N–H and O–H groups in total. The zero-order chi connectivity index (χ0) is 13.7. The van der Waals surface area contributed by atoms with Crippen LogP contribution in [0.1, 0.15) is 24.8 Å². The van der Waals surface area contributed by atoms with Gasteiger partial charge in [-0.25, -0.2) is 0 Å². The largest absolute Gasteiger partial charge is 0.377 e. The van der Waals surface area contributed by atoms with Crippen LogP contribution >= 0.6 is 35.6 Å². The van der Waals surface area contributed by atoms with E-state index in [1.54, 1.807) is 11.8 Å². The molecule has 1 aromatic carbocycles. The number of benzene rings is 1. The zero-order valence-electron chi connectivity index (χ0n) is 11.1. The van der Waals surface area contributed by atoms with Crippen LogP contribution < -0.4 is 0 Å². The van der Waals surface area contributed by atoms with Crippen LogP contribution in [0.4, 0.5) is 0 Å². The molecule has 1 aromatic rings. The maximum Gasteiger partial charge on any atom is 0.0796 e. The smallest absolute Gasteiger partial charge is 0.0796 e. The zero-order valence-corrected chi connectivity index (χ0v) is 13.5. The first-order valence-electron chi connectivity index (χ1n) is 6.51. The van der Waals surface area contributed by atoms with Crippen molar-refractivity contribution < 1.29 is 0 Å². The van der Waals surface area contributed by atoms with Crippen molar-refractivity contribution in [1.82, 2.24) is 4.90 Å². The molecule has 0 aromatic heterocycles. The monoisotopic (exact) mass is 311 g/mol. The molecule has 19 heavy (non-hydrogen) atoms. The molecule has 2 rings (SSSR count). The number of hydrogen-bond acceptors (Lipinski definition) is 3. The summed E-state index contributed by atoms with van der Waals surface area (Å²) in [6.07, 6.45) is 8.14. The number of halogens is 1. The minimum atomic E-state index is 0.760. The SMILES string of the molecule is CSC(=S)/C(=C/N1CCCCC1)c1ccc(Cl)cc1. The highest BCUT2D eigenvalue weighted by molar-refractivity contribution is 8.24. The average Bonchev–Trinajstić information content (AvgIpc) is 2.46. The van der Waals surface area contributed by atoms with Crippen molar-refractivity contribution in [2.45, 2.75) is 19.3 Å². The highest BCUT2D eigenvalue weighted by atomic mass is 35.5. The molecule has 102 valence electrons. The molecular formula is C15H18ClNS2. The van der Waals surface area contributed by atoms with E-state index in [9.17, 15) is 0 Å². The molecule has 0 radical (unpaired) electrons. The Bertz CT molecular complexity index is 462. The molecule has 1 fully saturated rings. The van der Waals surface area contributed by atoms with Gasteiger partial charge in [0, 0.05) is 29.9 Å². The van der Waals surface area contributed by atoms with Gasteiger partial charge in [0.05, 0.1) is 4.20 Å². The first-order valence-corrected chi connectivity index (χ1v) is 8.52. The molecule has 0 aliphatic carbocycles. The normalized spacial score (nSPS) is 16.5. The number of rotatable bonds is 3. The Morgan fingerprint density at radius 3 is 2.42 bits per heavy atom. The minimum Gasteiger partial charge on any atom is -0.377 e. The maximum atomic E-state index is 5.95. The predicted molar refractivity (Wildman–Crippen MR) is 91.0 cm³/mol. The molecular weight excluding hydrogens is 294 g/mol. The maximum absolute atomic E-state index is 5.95. The molecule has 1 aliphatic heterocycles. The molecule has 0 unspecified atom stereocenters. The summed E-state index contributed by atoms with van der Waals surface area (Å²) in [5.41, 5.74) is 2.29. The predicted octanol–water partition coefficient (Wildman–Crippen LogP) is 4.86. The molecule has 1 saturated heterocycles. The number of nitrogens with zero attached hydrogens (tertiary/aromatic N) is 1. The number of thioether (sulfide) groups is 1. The summed E-state index contributed by atoms with van der Waals surface area (Å²) >= 11 is 13.1. The van der Waals surface area contributed by atoms with Gasteiger partial charge in [-0.3, -0.25) is 0 Å². The summed E-state index contributed by atoms with van der Waals surface area (Å²) < 4.78 is 0.938. The molecule has 0 amide bonds. The summed E-state index contributed by atoms with van der Waals surface area (Å²) in [4.78, 5) is 2.38. The van der Waals surface area contributed by atoms with Gasteiger partial charge in [-0.05, 0) is 43.2 Å². The van der Waals surface area contributed by atoms with E-state index in [4.69, 9.17) is 23.8 Å². The number of piperidine rings is 1. The van der Waals surface area contributed by atoms with Gasteiger partial charge in [0.25, 0.3) is 0 Å². The van der Waals surface area contributed by atoms with Crippen LogP contribution in [0.15, 0.2) is 30.5 Å². The van der Waals surface area contributed by atoms with Gasteiger partial charge in [0.2, 0.25) is 0 Å². The van der Waals surface area contributed by atoms with Crippen LogP contribution in [0.3, 0.4) is 0 Å². The Kier molecular flexibility index (Phi) is 5.74. The summed E-state index contributed by atoms with van der Waals surface area (Å²) in [5.74, 6) is 0. The summed E-state index contributed by atoms with van der Waals surface area (Å²) in [6, 6.07) is 7.93. The second-order valence-corrected chi connectivity index (χ2v) is 6.56. The van der Waals surface area contributed by atoms with Gasteiger partial charge in [0.1, 0.15) is 0 Å². The fourth-order valence-corrected chi connectivity index (χ4v) is 2.90. The van der Waals surface area contributed by atoms with E-state index >= 15 is 0 Å². The molecule has 0 atom stereocenters. The second-order valence-electron chi connectivity index (χ2n) is 4.64. The Balaban J connectivity index is 2.26. The average molecular weight is 312 g/mol. The lowest BCUT2D eigenvalue weighted by molar-refractivity contribution is 0.311. The van der Waals surface area contributed by atoms with Crippen molar-refractivity contribution >= 4 is 45.4 Å². The number of hydrogen-bond donors (Lipinski definition) is 0. The molecule has 1 aliphatic rings. The Labute approximate surface area is 130 Å². The van der Waals surface area contributed by atoms with Crippen molar-refractivity contribution in [3.8, 4) is 0 Å². The topological polar surface area (TPSA) is 3.24 Å². The van der Waals surface area contributed by atoms with Gasteiger partial charge in [-0.2, -0.15) is 0 Å². The molecule has 0 saturated carbocycles. The van der Waals surface area contributed by atoms with Crippen LogP contribution in [-0.4, -0.2) is 28.4 Å². The summed E-state index contributed by atoms with van der Waals surface area (Å²) in [5, 5.41) is 0.760. The van der Waals surface area contributed by atoms with Crippen molar-refractivity contribution in [3.63, 3.8) is 0 Å². The summed E-state index contributed by atoms with van der Waals surface area (Å²) in [7, 11) is 0. The van der Waals surface area contributed by atoms with Crippen molar-refractivity contribution in [3.05, 3.63) is 41.1 Å². The third kappa shape index (κ3) is 4.23. The minimum absolute atomic E-state index is 0.760. The molecule has 1 nitrogen and oxygen atoms in total. The first kappa shape index (κ1) is 14.9. The van der Waals surface area contributed by atoms with Gasteiger partial charge >= 0.3 is 0 Å². The fraction of sp³-hybridized carbons (Fsp3) is 0.400. The van der Waals surface area contributed by atoms with Crippen LogP contribution in [0.5, 0.6) is 0 Å². The third-order valence-electron chi connectivity index (χ3n) is 3.26. The van der Waals surface area contributed by atoms with Crippen molar-refractivity contribution in [1.29, 1.82) is 0 Å². The Morgan fingerprint density at radius 2 is 1.84 bits per heavy atom. The number of likely N-dealkylation sites (tertiary alicyclic amines) is 1.